The van der Waals surface area contributed by atoms with Gasteiger partial charge in [0.15, 0.2) is 12.0 Å². The van der Waals surface area contributed by atoms with E-state index in [2.05, 4.69) is 9.97 Å². The lowest BCUT2D eigenvalue weighted by Gasteiger charge is -2.27. The molecule has 2 aliphatic rings. The highest BCUT2D eigenvalue weighted by molar-refractivity contribution is 5.78. The van der Waals surface area contributed by atoms with Crippen LogP contribution >= 0.6 is 0 Å². The smallest absolute Gasteiger partial charge is 0.164 e. The van der Waals surface area contributed by atoms with Gasteiger partial charge in [-0.2, -0.15) is 0 Å². The summed E-state index contributed by atoms with van der Waals surface area (Å²) in [6.07, 6.45) is 0.262. The Morgan fingerprint density at radius 2 is 1.83 bits per heavy atom. The van der Waals surface area contributed by atoms with Crippen LogP contribution in [-0.2, 0) is 14.2 Å². The summed E-state index contributed by atoms with van der Waals surface area (Å²) in [6, 6.07) is 7.67. The van der Waals surface area contributed by atoms with E-state index in [1.807, 2.05) is 37.6 Å². The maximum atomic E-state index is 13.3. The molecule has 1 aromatic carbocycles. The van der Waals surface area contributed by atoms with Gasteiger partial charge in [-0.1, -0.05) is 12.1 Å². The van der Waals surface area contributed by atoms with E-state index in [-0.39, 0.29) is 5.82 Å². The van der Waals surface area contributed by atoms with Crippen molar-refractivity contribution in [2.45, 2.75) is 57.2 Å². The minimum atomic E-state index is -0.996. The largest absolute Gasteiger partial charge is 0.386 e. The Morgan fingerprint density at radius 1 is 1.10 bits per heavy atom. The standard InChI is InChI=1S/C21H22FN3O4/c1-11-14-8-9-25(19(14)24-10-23-11)20-18-17(28-21(2,3)29-18)16(27-20)15(26)12-4-6-13(22)7-5-12/h4-10,15-18,20,26H,1-3H3/t15-,16+,17-,18-,20-/m1/s1. The van der Waals surface area contributed by atoms with Gasteiger partial charge in [0.25, 0.3) is 0 Å². The number of aliphatic hydroxyl groups excluding tert-OH is 1. The van der Waals surface area contributed by atoms with Crippen LogP contribution in [0.4, 0.5) is 4.39 Å². The number of aromatic nitrogens is 3. The van der Waals surface area contributed by atoms with Crippen molar-refractivity contribution in [3.05, 3.63) is 59.9 Å². The lowest BCUT2D eigenvalue weighted by molar-refractivity contribution is -0.207. The van der Waals surface area contributed by atoms with Gasteiger partial charge in [0.1, 0.15) is 42.2 Å². The van der Waals surface area contributed by atoms with E-state index in [4.69, 9.17) is 14.2 Å². The lowest BCUT2D eigenvalue weighted by atomic mass is 9.99. The first-order valence-electron chi connectivity index (χ1n) is 9.57. The molecule has 2 aromatic heterocycles. The molecule has 0 saturated carbocycles. The van der Waals surface area contributed by atoms with E-state index in [0.29, 0.717) is 5.56 Å². The first kappa shape index (κ1) is 18.6. The van der Waals surface area contributed by atoms with Crippen molar-refractivity contribution in [2.75, 3.05) is 0 Å². The summed E-state index contributed by atoms with van der Waals surface area (Å²) in [5, 5.41) is 11.9. The summed E-state index contributed by atoms with van der Waals surface area (Å²) < 4.78 is 33.7. The van der Waals surface area contributed by atoms with Gasteiger partial charge in [-0.05, 0) is 44.5 Å². The first-order chi connectivity index (χ1) is 13.8. The van der Waals surface area contributed by atoms with Crippen LogP contribution in [0.3, 0.4) is 0 Å². The molecule has 2 aliphatic heterocycles. The molecule has 7 nitrogen and oxygen atoms in total. The Kier molecular flexibility index (Phi) is 4.22. The summed E-state index contributed by atoms with van der Waals surface area (Å²) in [6.45, 7) is 5.60. The van der Waals surface area contributed by atoms with Crippen molar-refractivity contribution in [1.82, 2.24) is 14.5 Å². The number of fused-ring (bicyclic) bond motifs is 2. The number of hydrogen-bond donors (Lipinski definition) is 1. The molecule has 5 atom stereocenters. The van der Waals surface area contributed by atoms with Gasteiger partial charge in [0.2, 0.25) is 0 Å². The molecule has 0 bridgehead atoms. The van der Waals surface area contributed by atoms with E-state index < -0.39 is 36.4 Å². The second-order valence-corrected chi connectivity index (χ2v) is 7.97. The third kappa shape index (κ3) is 3.03. The summed E-state index contributed by atoms with van der Waals surface area (Å²) in [5.41, 5.74) is 2.15. The normalized spacial score (nSPS) is 29.3. The van der Waals surface area contributed by atoms with Gasteiger partial charge in [0, 0.05) is 11.6 Å². The van der Waals surface area contributed by atoms with E-state index in [1.165, 1.54) is 18.5 Å². The quantitative estimate of drug-likeness (QED) is 0.729. The SMILES string of the molecule is Cc1ncnc2c1ccn2[C@@H]1O[C@@H]([C@H](O)c2ccc(F)cc2)[C@H]2OC(C)(C)O[C@H]21. The molecule has 0 aliphatic carbocycles. The zero-order valence-electron chi connectivity index (χ0n) is 16.3. The molecular weight excluding hydrogens is 377 g/mol. The van der Waals surface area contributed by atoms with Crippen LogP contribution in [0.1, 0.15) is 37.4 Å². The van der Waals surface area contributed by atoms with Crippen LogP contribution in [0, 0.1) is 12.7 Å². The molecule has 2 fully saturated rings. The van der Waals surface area contributed by atoms with E-state index in [0.717, 1.165) is 16.7 Å². The molecule has 2 saturated heterocycles. The molecule has 0 radical (unpaired) electrons. The molecule has 0 spiro atoms. The Labute approximate surface area is 167 Å². The predicted octanol–water partition coefficient (Wildman–Crippen LogP) is 3.03. The fourth-order valence-corrected chi connectivity index (χ4v) is 4.24. The Bertz CT molecular complexity index is 1050. The first-order valence-corrected chi connectivity index (χ1v) is 9.57. The third-order valence-corrected chi connectivity index (χ3v) is 5.57. The lowest BCUT2D eigenvalue weighted by Crippen LogP contribution is -2.34. The number of hydrogen-bond acceptors (Lipinski definition) is 6. The van der Waals surface area contributed by atoms with E-state index in [1.54, 1.807) is 12.1 Å². The predicted molar refractivity (Wildman–Crippen MR) is 101 cm³/mol. The molecule has 29 heavy (non-hydrogen) atoms. The van der Waals surface area contributed by atoms with Gasteiger partial charge < -0.3 is 23.9 Å². The molecule has 8 heteroatoms. The molecular formula is C21H22FN3O4. The van der Waals surface area contributed by atoms with Crippen LogP contribution in [0.15, 0.2) is 42.9 Å². The molecule has 152 valence electrons. The van der Waals surface area contributed by atoms with Crippen molar-refractivity contribution >= 4 is 11.0 Å². The summed E-state index contributed by atoms with van der Waals surface area (Å²) in [7, 11) is 0. The van der Waals surface area contributed by atoms with E-state index >= 15 is 0 Å². The third-order valence-electron chi connectivity index (χ3n) is 5.57. The Hall–Kier alpha value is -2.39. The fourth-order valence-electron chi connectivity index (χ4n) is 4.24. The summed E-state index contributed by atoms with van der Waals surface area (Å²) >= 11 is 0. The van der Waals surface area contributed by atoms with Crippen molar-refractivity contribution in [2.24, 2.45) is 0 Å². The minimum absolute atomic E-state index is 0.362. The topological polar surface area (TPSA) is 78.6 Å². The van der Waals surface area contributed by atoms with Crippen molar-refractivity contribution < 1.29 is 23.7 Å². The second kappa shape index (κ2) is 6.56. The number of benzene rings is 1. The molecule has 3 aromatic rings. The highest BCUT2D eigenvalue weighted by atomic mass is 19.1. The number of aliphatic hydroxyl groups is 1. The fraction of sp³-hybridized carbons (Fsp3) is 0.429. The summed E-state index contributed by atoms with van der Waals surface area (Å²) in [5.74, 6) is -1.18. The van der Waals surface area contributed by atoms with Gasteiger partial charge >= 0.3 is 0 Å². The molecule has 0 amide bonds. The van der Waals surface area contributed by atoms with Crippen LogP contribution in [-0.4, -0.2) is 43.7 Å². The van der Waals surface area contributed by atoms with Gasteiger partial charge in [-0.15, -0.1) is 0 Å². The molecule has 5 rings (SSSR count). The maximum absolute atomic E-state index is 13.3. The average molecular weight is 399 g/mol. The number of nitrogens with zero attached hydrogens (tertiary/aromatic N) is 3. The Balaban J connectivity index is 1.53. The highest BCUT2D eigenvalue weighted by Crippen LogP contribution is 2.47. The monoisotopic (exact) mass is 399 g/mol. The molecule has 1 N–H and O–H groups in total. The van der Waals surface area contributed by atoms with Crippen LogP contribution in [0.5, 0.6) is 0 Å². The van der Waals surface area contributed by atoms with Crippen molar-refractivity contribution in [3.8, 4) is 0 Å². The number of aryl methyl sites for hydroxylation is 1. The number of ether oxygens (including phenoxy) is 3. The van der Waals surface area contributed by atoms with Gasteiger partial charge in [-0.3, -0.25) is 0 Å². The van der Waals surface area contributed by atoms with Crippen molar-refractivity contribution in [1.29, 1.82) is 0 Å². The van der Waals surface area contributed by atoms with Crippen LogP contribution in [0.2, 0.25) is 0 Å². The minimum Gasteiger partial charge on any atom is -0.386 e. The van der Waals surface area contributed by atoms with Gasteiger partial charge in [0.05, 0.1) is 5.69 Å². The maximum Gasteiger partial charge on any atom is 0.164 e. The Morgan fingerprint density at radius 3 is 2.59 bits per heavy atom. The van der Waals surface area contributed by atoms with Gasteiger partial charge in [-0.25, -0.2) is 14.4 Å². The zero-order chi connectivity index (χ0) is 20.3. The zero-order valence-corrected chi connectivity index (χ0v) is 16.3. The van der Waals surface area contributed by atoms with Crippen LogP contribution < -0.4 is 0 Å². The highest BCUT2D eigenvalue weighted by Gasteiger charge is 2.58. The van der Waals surface area contributed by atoms with Crippen LogP contribution in [0.25, 0.3) is 11.0 Å². The molecule has 4 heterocycles. The number of rotatable bonds is 3. The second-order valence-electron chi connectivity index (χ2n) is 7.97. The average Bonchev–Trinajstić information content (AvgIpc) is 3.33. The summed E-state index contributed by atoms with van der Waals surface area (Å²) in [4.78, 5) is 8.64. The molecule has 0 unspecified atom stereocenters. The van der Waals surface area contributed by atoms with Crippen molar-refractivity contribution in [3.63, 3.8) is 0 Å². The number of halogens is 1. The van der Waals surface area contributed by atoms with E-state index in [9.17, 15) is 9.50 Å².